The van der Waals surface area contributed by atoms with E-state index in [0.717, 1.165) is 30.5 Å². The molecule has 20 heavy (non-hydrogen) atoms. The Hall–Kier alpha value is -1.85. The fourth-order valence-electron chi connectivity index (χ4n) is 2.23. The molecule has 1 saturated heterocycles. The third-order valence-corrected chi connectivity index (χ3v) is 3.40. The van der Waals surface area contributed by atoms with Gasteiger partial charge in [0.2, 0.25) is 5.91 Å². The Morgan fingerprint density at radius 3 is 2.90 bits per heavy atom. The largest absolute Gasteiger partial charge is 0.370 e. The Labute approximate surface area is 120 Å². The standard InChI is InChI=1S/C14H23N5O/c1-5-15-11-8-12(18-13(17-11)9(2)3)19-7-6-16-14(20)10(19)4/h8-10H,5-7H2,1-4H3,(H,16,20)(H,15,17,18). The van der Waals surface area contributed by atoms with Crippen LogP contribution in [-0.4, -0.2) is 41.6 Å². The van der Waals surface area contributed by atoms with Crippen molar-refractivity contribution in [1.82, 2.24) is 15.3 Å². The molecule has 0 spiro atoms. The van der Waals surface area contributed by atoms with Crippen LogP contribution in [0.4, 0.5) is 11.6 Å². The Morgan fingerprint density at radius 2 is 2.25 bits per heavy atom. The number of hydrogen-bond acceptors (Lipinski definition) is 5. The molecule has 2 N–H and O–H groups in total. The van der Waals surface area contributed by atoms with E-state index in [0.29, 0.717) is 6.54 Å². The molecule has 1 aliphatic rings. The van der Waals surface area contributed by atoms with E-state index in [1.807, 2.05) is 24.8 Å². The summed E-state index contributed by atoms with van der Waals surface area (Å²) in [5, 5.41) is 6.10. The van der Waals surface area contributed by atoms with E-state index < -0.39 is 0 Å². The highest BCUT2D eigenvalue weighted by Crippen LogP contribution is 2.22. The van der Waals surface area contributed by atoms with Gasteiger partial charge in [0, 0.05) is 31.6 Å². The van der Waals surface area contributed by atoms with Crippen molar-refractivity contribution in [2.75, 3.05) is 29.9 Å². The van der Waals surface area contributed by atoms with Gasteiger partial charge in [-0.1, -0.05) is 13.8 Å². The summed E-state index contributed by atoms with van der Waals surface area (Å²) in [5.41, 5.74) is 0. The first-order chi connectivity index (χ1) is 9.52. The molecule has 1 unspecified atom stereocenters. The zero-order chi connectivity index (χ0) is 14.7. The quantitative estimate of drug-likeness (QED) is 0.869. The monoisotopic (exact) mass is 277 g/mol. The fraction of sp³-hybridized carbons (Fsp3) is 0.643. The van der Waals surface area contributed by atoms with Crippen LogP contribution in [0.2, 0.25) is 0 Å². The van der Waals surface area contributed by atoms with Crippen LogP contribution in [-0.2, 0) is 4.79 Å². The highest BCUT2D eigenvalue weighted by atomic mass is 16.2. The Morgan fingerprint density at radius 1 is 1.50 bits per heavy atom. The van der Waals surface area contributed by atoms with Gasteiger partial charge in [0.1, 0.15) is 23.5 Å². The predicted molar refractivity (Wildman–Crippen MR) is 80.1 cm³/mol. The van der Waals surface area contributed by atoms with Gasteiger partial charge in [-0.05, 0) is 13.8 Å². The molecule has 0 saturated carbocycles. The Bertz CT molecular complexity index is 488. The van der Waals surface area contributed by atoms with Crippen LogP contribution in [0.25, 0.3) is 0 Å². The summed E-state index contributed by atoms with van der Waals surface area (Å²) in [6, 6.07) is 1.72. The van der Waals surface area contributed by atoms with E-state index in [-0.39, 0.29) is 17.9 Å². The van der Waals surface area contributed by atoms with Crippen LogP contribution in [0.3, 0.4) is 0 Å². The summed E-state index contributed by atoms with van der Waals surface area (Å²) in [6.07, 6.45) is 0. The average Bonchev–Trinajstić information content (AvgIpc) is 2.42. The van der Waals surface area contributed by atoms with Crippen LogP contribution >= 0.6 is 0 Å². The van der Waals surface area contributed by atoms with E-state index >= 15 is 0 Å². The molecule has 0 aliphatic carbocycles. The number of nitrogens with one attached hydrogen (secondary N) is 2. The normalized spacial score (nSPS) is 19.1. The van der Waals surface area contributed by atoms with E-state index in [1.165, 1.54) is 0 Å². The molecule has 0 aromatic carbocycles. The second-order valence-corrected chi connectivity index (χ2v) is 5.32. The molecule has 1 aromatic rings. The lowest BCUT2D eigenvalue weighted by molar-refractivity contribution is -0.122. The molecular formula is C14H23N5O. The lowest BCUT2D eigenvalue weighted by atomic mass is 10.2. The molecule has 2 rings (SSSR count). The minimum atomic E-state index is -0.201. The second kappa shape index (κ2) is 6.07. The molecule has 6 heteroatoms. The first kappa shape index (κ1) is 14.6. The number of amides is 1. The topological polar surface area (TPSA) is 70.2 Å². The first-order valence-electron chi connectivity index (χ1n) is 7.20. The lowest BCUT2D eigenvalue weighted by Crippen LogP contribution is -2.54. The van der Waals surface area contributed by atoms with Gasteiger partial charge in [0.05, 0.1) is 0 Å². The molecule has 0 bridgehead atoms. The molecule has 6 nitrogen and oxygen atoms in total. The molecule has 1 aliphatic heterocycles. The van der Waals surface area contributed by atoms with E-state index in [4.69, 9.17) is 0 Å². The number of carbonyl (C=O) groups is 1. The van der Waals surface area contributed by atoms with Gasteiger partial charge in [-0.2, -0.15) is 0 Å². The summed E-state index contributed by atoms with van der Waals surface area (Å²) < 4.78 is 0. The highest BCUT2D eigenvalue weighted by molar-refractivity contribution is 5.85. The summed E-state index contributed by atoms with van der Waals surface area (Å²) in [6.45, 7) is 10.3. The van der Waals surface area contributed by atoms with Crippen molar-refractivity contribution in [2.45, 2.75) is 39.7 Å². The second-order valence-electron chi connectivity index (χ2n) is 5.32. The van der Waals surface area contributed by atoms with Gasteiger partial charge in [-0.25, -0.2) is 9.97 Å². The smallest absolute Gasteiger partial charge is 0.242 e. The van der Waals surface area contributed by atoms with Gasteiger partial charge in [-0.3, -0.25) is 4.79 Å². The first-order valence-corrected chi connectivity index (χ1v) is 7.20. The van der Waals surface area contributed by atoms with Crippen molar-refractivity contribution in [1.29, 1.82) is 0 Å². The number of carbonyl (C=O) groups excluding carboxylic acids is 1. The van der Waals surface area contributed by atoms with Crippen LogP contribution in [0.15, 0.2) is 6.07 Å². The number of rotatable bonds is 4. The Kier molecular flexibility index (Phi) is 4.42. The molecule has 1 fully saturated rings. The van der Waals surface area contributed by atoms with E-state index in [9.17, 15) is 4.79 Å². The molecule has 1 atom stereocenters. The van der Waals surface area contributed by atoms with Crippen molar-refractivity contribution in [3.8, 4) is 0 Å². The summed E-state index contributed by atoms with van der Waals surface area (Å²) in [7, 11) is 0. The van der Waals surface area contributed by atoms with Crippen molar-refractivity contribution < 1.29 is 4.79 Å². The van der Waals surface area contributed by atoms with Gasteiger partial charge < -0.3 is 15.5 Å². The lowest BCUT2D eigenvalue weighted by Gasteiger charge is -2.34. The van der Waals surface area contributed by atoms with E-state index in [1.54, 1.807) is 0 Å². The van der Waals surface area contributed by atoms with Crippen molar-refractivity contribution >= 4 is 17.5 Å². The summed E-state index contributed by atoms with van der Waals surface area (Å²) in [4.78, 5) is 23.0. The maximum Gasteiger partial charge on any atom is 0.242 e. The van der Waals surface area contributed by atoms with Crippen molar-refractivity contribution in [2.24, 2.45) is 0 Å². The van der Waals surface area contributed by atoms with Gasteiger partial charge >= 0.3 is 0 Å². The summed E-state index contributed by atoms with van der Waals surface area (Å²) in [5.74, 6) is 2.74. The molecule has 110 valence electrons. The van der Waals surface area contributed by atoms with Crippen molar-refractivity contribution in [3.05, 3.63) is 11.9 Å². The molecule has 2 heterocycles. The zero-order valence-corrected chi connectivity index (χ0v) is 12.6. The SMILES string of the molecule is CCNc1cc(N2CCNC(=O)C2C)nc(C(C)C)n1. The van der Waals surface area contributed by atoms with Crippen molar-refractivity contribution in [3.63, 3.8) is 0 Å². The molecule has 1 aromatic heterocycles. The number of hydrogen-bond donors (Lipinski definition) is 2. The van der Waals surface area contributed by atoms with Gasteiger partial charge in [-0.15, -0.1) is 0 Å². The number of nitrogens with zero attached hydrogens (tertiary/aromatic N) is 3. The minimum absolute atomic E-state index is 0.0472. The fourth-order valence-corrected chi connectivity index (χ4v) is 2.23. The third kappa shape index (κ3) is 3.00. The van der Waals surface area contributed by atoms with Crippen LogP contribution in [0.1, 0.15) is 39.4 Å². The summed E-state index contributed by atoms with van der Waals surface area (Å²) >= 11 is 0. The van der Waals surface area contributed by atoms with E-state index in [2.05, 4.69) is 34.4 Å². The Balaban J connectivity index is 2.36. The van der Waals surface area contributed by atoms with Crippen LogP contribution in [0.5, 0.6) is 0 Å². The molecule has 0 radical (unpaired) electrons. The number of aromatic nitrogens is 2. The minimum Gasteiger partial charge on any atom is -0.370 e. The van der Waals surface area contributed by atoms with Crippen LogP contribution in [0, 0.1) is 0 Å². The molecule has 1 amide bonds. The predicted octanol–water partition coefficient (Wildman–Crippen LogP) is 1.36. The van der Waals surface area contributed by atoms with Gasteiger partial charge in [0.15, 0.2) is 0 Å². The highest BCUT2D eigenvalue weighted by Gasteiger charge is 2.27. The maximum atomic E-state index is 11.8. The number of piperazine rings is 1. The maximum absolute atomic E-state index is 11.8. The average molecular weight is 277 g/mol. The van der Waals surface area contributed by atoms with Crippen LogP contribution < -0.4 is 15.5 Å². The van der Waals surface area contributed by atoms with Gasteiger partial charge in [0.25, 0.3) is 0 Å². The third-order valence-electron chi connectivity index (χ3n) is 3.40. The molecular weight excluding hydrogens is 254 g/mol. The zero-order valence-electron chi connectivity index (χ0n) is 12.6. The number of anilines is 2.